The van der Waals surface area contributed by atoms with Crippen LogP contribution in [0, 0.1) is 5.82 Å². The van der Waals surface area contributed by atoms with Crippen molar-refractivity contribution >= 4 is 33.3 Å². The second kappa shape index (κ2) is 8.39. The van der Waals surface area contributed by atoms with E-state index in [2.05, 4.69) is 0 Å². The molecule has 4 rings (SSSR count). The summed E-state index contributed by atoms with van der Waals surface area (Å²) >= 11 is 2.90. The average molecular weight is 427 g/mol. The Bertz CT molecular complexity index is 1220. The molecule has 0 aliphatic carbocycles. The molecule has 0 unspecified atom stereocenters. The zero-order valence-corrected chi connectivity index (χ0v) is 17.6. The van der Waals surface area contributed by atoms with Gasteiger partial charge in [-0.15, -0.1) is 11.3 Å². The van der Waals surface area contributed by atoms with Gasteiger partial charge < -0.3 is 4.74 Å². The lowest BCUT2D eigenvalue weighted by molar-refractivity contribution is 0.386. The van der Waals surface area contributed by atoms with Crippen molar-refractivity contribution in [2.45, 2.75) is 24.4 Å². The number of hydrogen-bond acceptors (Lipinski definition) is 5. The van der Waals surface area contributed by atoms with Crippen molar-refractivity contribution in [3.8, 4) is 16.2 Å². The Kier molecular flexibility index (Phi) is 5.69. The van der Waals surface area contributed by atoms with Gasteiger partial charge >= 0.3 is 0 Å². The van der Waals surface area contributed by atoms with Crippen LogP contribution in [0.25, 0.3) is 20.7 Å². The topological polar surface area (TPSA) is 44.1 Å². The molecule has 0 atom stereocenters. The molecule has 148 valence electrons. The molecule has 0 radical (unpaired) electrons. The predicted molar refractivity (Wildman–Crippen MR) is 118 cm³/mol. The van der Waals surface area contributed by atoms with Crippen molar-refractivity contribution in [2.75, 3.05) is 7.11 Å². The molecule has 0 aliphatic rings. The van der Waals surface area contributed by atoms with E-state index in [0.29, 0.717) is 27.7 Å². The van der Waals surface area contributed by atoms with Crippen LogP contribution >= 0.6 is 23.1 Å². The highest BCUT2D eigenvalue weighted by Gasteiger charge is 2.15. The maximum absolute atomic E-state index is 14.0. The maximum atomic E-state index is 14.0. The van der Waals surface area contributed by atoms with Gasteiger partial charge in [0.15, 0.2) is 16.7 Å². The standard InChI is InChI=1S/C22H19FN2O2S2/c1-3-25-21(26)20-17(12-19(29-20)15-7-5-4-6-8-15)24-22(25)28-13-14-9-10-18(27-2)16(23)11-14/h4-12H,3,13H2,1-2H3. The van der Waals surface area contributed by atoms with Gasteiger partial charge in [0.05, 0.1) is 12.6 Å². The maximum Gasteiger partial charge on any atom is 0.272 e. The summed E-state index contributed by atoms with van der Waals surface area (Å²) < 4.78 is 21.3. The number of ether oxygens (including phenoxy) is 1. The van der Waals surface area contributed by atoms with Gasteiger partial charge in [0.25, 0.3) is 5.56 Å². The molecule has 0 bridgehead atoms. The van der Waals surface area contributed by atoms with E-state index >= 15 is 0 Å². The largest absolute Gasteiger partial charge is 0.494 e. The molecule has 2 aromatic carbocycles. The molecular formula is C22H19FN2O2S2. The number of rotatable bonds is 6. The minimum Gasteiger partial charge on any atom is -0.494 e. The molecule has 0 saturated carbocycles. The van der Waals surface area contributed by atoms with E-state index in [1.807, 2.05) is 49.4 Å². The fourth-order valence-electron chi connectivity index (χ4n) is 3.07. The van der Waals surface area contributed by atoms with Crippen molar-refractivity contribution in [2.24, 2.45) is 0 Å². The summed E-state index contributed by atoms with van der Waals surface area (Å²) in [7, 11) is 1.44. The zero-order valence-electron chi connectivity index (χ0n) is 16.0. The van der Waals surface area contributed by atoms with E-state index in [1.165, 1.54) is 36.3 Å². The van der Waals surface area contributed by atoms with Crippen LogP contribution in [0.2, 0.25) is 0 Å². The molecule has 2 aromatic heterocycles. The Balaban J connectivity index is 1.68. The quantitative estimate of drug-likeness (QED) is 0.298. The minimum atomic E-state index is -0.396. The zero-order chi connectivity index (χ0) is 20.4. The summed E-state index contributed by atoms with van der Waals surface area (Å²) in [5, 5.41) is 0.638. The lowest BCUT2D eigenvalue weighted by atomic mass is 10.2. The Labute approximate surface area is 176 Å². The van der Waals surface area contributed by atoms with Crippen LogP contribution in [-0.2, 0) is 12.3 Å². The van der Waals surface area contributed by atoms with E-state index in [-0.39, 0.29) is 11.3 Å². The van der Waals surface area contributed by atoms with Crippen LogP contribution in [0.1, 0.15) is 12.5 Å². The summed E-state index contributed by atoms with van der Waals surface area (Å²) in [5.41, 5.74) is 2.54. The van der Waals surface area contributed by atoms with Crippen molar-refractivity contribution in [1.29, 1.82) is 0 Å². The first-order valence-electron chi connectivity index (χ1n) is 9.15. The van der Waals surface area contributed by atoms with Gasteiger partial charge in [-0.05, 0) is 36.2 Å². The van der Waals surface area contributed by atoms with Crippen LogP contribution in [0.15, 0.2) is 64.5 Å². The molecule has 0 spiro atoms. The van der Waals surface area contributed by atoms with Crippen molar-refractivity contribution in [3.05, 3.63) is 76.3 Å². The third kappa shape index (κ3) is 3.93. The van der Waals surface area contributed by atoms with Crippen LogP contribution in [-0.4, -0.2) is 16.7 Å². The highest BCUT2D eigenvalue weighted by atomic mass is 32.2. The van der Waals surface area contributed by atoms with Crippen LogP contribution in [0.4, 0.5) is 4.39 Å². The van der Waals surface area contributed by atoms with Crippen molar-refractivity contribution < 1.29 is 9.13 Å². The molecule has 0 aliphatic heterocycles. The molecule has 0 saturated heterocycles. The predicted octanol–water partition coefficient (Wildman–Crippen LogP) is 5.58. The van der Waals surface area contributed by atoms with Gasteiger partial charge in [-0.25, -0.2) is 9.37 Å². The third-order valence-electron chi connectivity index (χ3n) is 4.56. The number of halogens is 1. The average Bonchev–Trinajstić information content (AvgIpc) is 3.18. The Morgan fingerprint density at radius 2 is 1.97 bits per heavy atom. The second-order valence-electron chi connectivity index (χ2n) is 6.39. The first-order valence-corrected chi connectivity index (χ1v) is 11.0. The Morgan fingerprint density at radius 1 is 1.17 bits per heavy atom. The van der Waals surface area contributed by atoms with E-state index in [9.17, 15) is 9.18 Å². The number of thiophene rings is 1. The van der Waals surface area contributed by atoms with Gasteiger partial charge in [-0.3, -0.25) is 9.36 Å². The number of hydrogen-bond donors (Lipinski definition) is 0. The first-order chi connectivity index (χ1) is 14.1. The first kappa shape index (κ1) is 19.7. The number of thioether (sulfide) groups is 1. The highest BCUT2D eigenvalue weighted by Crippen LogP contribution is 2.32. The molecule has 4 nitrogen and oxygen atoms in total. The van der Waals surface area contributed by atoms with Crippen LogP contribution in [0.5, 0.6) is 5.75 Å². The van der Waals surface area contributed by atoms with Crippen molar-refractivity contribution in [1.82, 2.24) is 9.55 Å². The van der Waals surface area contributed by atoms with E-state index in [1.54, 1.807) is 10.6 Å². The molecule has 7 heteroatoms. The summed E-state index contributed by atoms with van der Waals surface area (Å²) in [5.74, 6) is 0.330. The third-order valence-corrected chi connectivity index (χ3v) is 6.77. The van der Waals surface area contributed by atoms with E-state index in [0.717, 1.165) is 16.0 Å². The number of aromatic nitrogens is 2. The summed E-state index contributed by atoms with van der Waals surface area (Å²) in [6.45, 7) is 2.46. The molecule has 2 heterocycles. The fourth-order valence-corrected chi connectivity index (χ4v) is 5.13. The Morgan fingerprint density at radius 3 is 2.66 bits per heavy atom. The molecule has 0 fully saturated rings. The molecule has 29 heavy (non-hydrogen) atoms. The van der Waals surface area contributed by atoms with Gasteiger partial charge in [0.1, 0.15) is 4.70 Å². The van der Waals surface area contributed by atoms with Gasteiger partial charge in [0.2, 0.25) is 0 Å². The van der Waals surface area contributed by atoms with Crippen LogP contribution < -0.4 is 10.3 Å². The summed E-state index contributed by atoms with van der Waals surface area (Å²) in [6, 6.07) is 16.8. The number of benzene rings is 2. The molecule has 4 aromatic rings. The van der Waals surface area contributed by atoms with E-state index < -0.39 is 5.82 Å². The Hall–Kier alpha value is -2.64. The molecule has 0 N–H and O–H groups in total. The van der Waals surface area contributed by atoms with Gasteiger partial charge in [0, 0.05) is 17.2 Å². The van der Waals surface area contributed by atoms with Gasteiger partial charge in [-0.1, -0.05) is 48.2 Å². The highest BCUT2D eigenvalue weighted by molar-refractivity contribution is 7.98. The molecule has 0 amide bonds. The number of fused-ring (bicyclic) bond motifs is 1. The smallest absolute Gasteiger partial charge is 0.272 e. The lowest BCUT2D eigenvalue weighted by Gasteiger charge is -2.10. The van der Waals surface area contributed by atoms with Gasteiger partial charge in [-0.2, -0.15) is 0 Å². The number of methoxy groups -OCH3 is 1. The normalized spacial score (nSPS) is 11.1. The molecular weight excluding hydrogens is 407 g/mol. The SMILES string of the molecule is CCn1c(SCc2ccc(OC)c(F)c2)nc2cc(-c3ccccc3)sc2c1=O. The summed E-state index contributed by atoms with van der Waals surface area (Å²) in [4.78, 5) is 18.8. The lowest BCUT2D eigenvalue weighted by Crippen LogP contribution is -2.21. The fraction of sp³-hybridized carbons (Fsp3) is 0.182. The van der Waals surface area contributed by atoms with E-state index in [4.69, 9.17) is 9.72 Å². The monoisotopic (exact) mass is 426 g/mol. The van der Waals surface area contributed by atoms with Crippen LogP contribution in [0.3, 0.4) is 0 Å². The second-order valence-corrected chi connectivity index (χ2v) is 8.39. The summed E-state index contributed by atoms with van der Waals surface area (Å²) in [6.07, 6.45) is 0. The minimum absolute atomic E-state index is 0.0342. The number of nitrogens with zero attached hydrogens (tertiary/aromatic N) is 2. The van der Waals surface area contributed by atoms with Crippen molar-refractivity contribution in [3.63, 3.8) is 0 Å².